The number of aryl methyl sites for hydroxylation is 1. The van der Waals surface area contributed by atoms with Crippen LogP contribution < -0.4 is 11.1 Å². The highest BCUT2D eigenvalue weighted by Gasteiger charge is 2.02. The van der Waals surface area contributed by atoms with Gasteiger partial charge in [0, 0.05) is 18.0 Å². The Kier molecular flexibility index (Phi) is 8.29. The van der Waals surface area contributed by atoms with Gasteiger partial charge in [-0.2, -0.15) is 0 Å². The third-order valence-corrected chi connectivity index (χ3v) is 3.43. The van der Waals surface area contributed by atoms with E-state index in [-0.39, 0.29) is 5.91 Å². The molecule has 0 atom stereocenters. The van der Waals surface area contributed by atoms with Crippen LogP contribution in [0.15, 0.2) is 24.3 Å². The molecule has 1 aromatic carbocycles. The molecule has 0 radical (unpaired) electrons. The minimum Gasteiger partial charge on any atom is -0.379 e. The van der Waals surface area contributed by atoms with Gasteiger partial charge < -0.3 is 15.8 Å². The van der Waals surface area contributed by atoms with Crippen LogP contribution in [-0.2, 0) is 16.0 Å². The summed E-state index contributed by atoms with van der Waals surface area (Å²) in [6, 6.07) is 7.93. The Morgan fingerprint density at radius 1 is 1.32 bits per heavy atom. The molecule has 0 heterocycles. The smallest absolute Gasteiger partial charge is 0.234 e. The largest absolute Gasteiger partial charge is 0.379 e. The van der Waals surface area contributed by atoms with Crippen molar-refractivity contribution in [1.29, 1.82) is 0 Å². The lowest BCUT2D eigenvalue weighted by Crippen LogP contribution is -2.15. The van der Waals surface area contributed by atoms with Crippen molar-refractivity contribution in [3.05, 3.63) is 29.8 Å². The molecular formula is C14H22N2O2S. The Labute approximate surface area is 119 Å². The van der Waals surface area contributed by atoms with Crippen LogP contribution in [0.4, 0.5) is 5.69 Å². The standard InChI is InChI=1S/C14H22N2O2S/c1-2-12-3-5-13(6-4-12)16-14(17)11-19-10-9-18-8-7-15/h3-6H,2,7-11,15H2,1H3,(H,16,17). The van der Waals surface area contributed by atoms with E-state index in [0.717, 1.165) is 17.9 Å². The van der Waals surface area contributed by atoms with Crippen LogP contribution in [0, 0.1) is 0 Å². The summed E-state index contributed by atoms with van der Waals surface area (Å²) in [5.41, 5.74) is 7.42. The number of benzene rings is 1. The molecule has 0 aromatic heterocycles. The normalized spacial score (nSPS) is 10.4. The first kappa shape index (κ1) is 16.0. The number of nitrogens with two attached hydrogens (primary N) is 1. The zero-order valence-corrected chi connectivity index (χ0v) is 12.2. The summed E-state index contributed by atoms with van der Waals surface area (Å²) in [7, 11) is 0. The molecular weight excluding hydrogens is 260 g/mol. The molecule has 3 N–H and O–H groups in total. The van der Waals surface area contributed by atoms with Gasteiger partial charge in [0.15, 0.2) is 0 Å². The fourth-order valence-corrected chi connectivity index (χ4v) is 2.13. The second kappa shape index (κ2) is 9.83. The molecule has 1 rings (SSSR count). The molecule has 19 heavy (non-hydrogen) atoms. The van der Waals surface area contributed by atoms with Gasteiger partial charge in [0.1, 0.15) is 0 Å². The third kappa shape index (κ3) is 7.20. The van der Waals surface area contributed by atoms with E-state index >= 15 is 0 Å². The molecule has 0 saturated heterocycles. The van der Waals surface area contributed by atoms with E-state index < -0.39 is 0 Å². The van der Waals surface area contributed by atoms with Crippen molar-refractivity contribution in [2.45, 2.75) is 13.3 Å². The summed E-state index contributed by atoms with van der Waals surface area (Å²) in [5, 5.41) is 2.87. The minimum absolute atomic E-state index is 0.0214. The number of carbonyl (C=O) groups is 1. The summed E-state index contributed by atoms with van der Waals surface area (Å²) in [6.07, 6.45) is 1.01. The number of ether oxygens (including phenoxy) is 1. The maximum absolute atomic E-state index is 11.7. The second-order valence-corrected chi connectivity index (χ2v) is 5.16. The second-order valence-electron chi connectivity index (χ2n) is 4.05. The van der Waals surface area contributed by atoms with Crippen LogP contribution in [-0.4, -0.2) is 37.2 Å². The third-order valence-electron chi connectivity index (χ3n) is 2.51. The van der Waals surface area contributed by atoms with Crippen molar-refractivity contribution in [3.63, 3.8) is 0 Å². The lowest BCUT2D eigenvalue weighted by molar-refractivity contribution is -0.113. The maximum Gasteiger partial charge on any atom is 0.234 e. The number of hydrogen-bond donors (Lipinski definition) is 2. The van der Waals surface area contributed by atoms with Gasteiger partial charge in [-0.05, 0) is 24.1 Å². The number of anilines is 1. The average molecular weight is 282 g/mol. The molecule has 0 saturated carbocycles. The monoisotopic (exact) mass is 282 g/mol. The molecule has 0 spiro atoms. The number of nitrogens with one attached hydrogen (secondary N) is 1. The van der Waals surface area contributed by atoms with E-state index in [4.69, 9.17) is 10.5 Å². The topological polar surface area (TPSA) is 64.3 Å². The van der Waals surface area contributed by atoms with E-state index in [2.05, 4.69) is 12.2 Å². The van der Waals surface area contributed by atoms with Crippen molar-refractivity contribution < 1.29 is 9.53 Å². The van der Waals surface area contributed by atoms with Gasteiger partial charge in [-0.25, -0.2) is 0 Å². The van der Waals surface area contributed by atoms with E-state index in [1.54, 1.807) is 11.8 Å². The molecule has 0 aliphatic carbocycles. The Morgan fingerprint density at radius 3 is 2.68 bits per heavy atom. The molecule has 1 amide bonds. The number of amides is 1. The quantitative estimate of drug-likeness (QED) is 0.679. The van der Waals surface area contributed by atoms with Crippen LogP contribution in [0.5, 0.6) is 0 Å². The predicted molar refractivity (Wildman–Crippen MR) is 81.6 cm³/mol. The molecule has 106 valence electrons. The molecule has 0 aliphatic rings. The Bertz CT molecular complexity index is 368. The first-order valence-corrected chi connectivity index (χ1v) is 7.66. The van der Waals surface area contributed by atoms with Crippen molar-refractivity contribution >= 4 is 23.4 Å². The summed E-state index contributed by atoms with van der Waals surface area (Å²) < 4.78 is 5.23. The zero-order chi connectivity index (χ0) is 13.9. The van der Waals surface area contributed by atoms with Gasteiger partial charge in [-0.1, -0.05) is 19.1 Å². The van der Waals surface area contributed by atoms with E-state index in [1.165, 1.54) is 5.56 Å². The molecule has 4 nitrogen and oxygen atoms in total. The summed E-state index contributed by atoms with van der Waals surface area (Å²) in [5.74, 6) is 1.28. The molecule has 1 aromatic rings. The molecule has 0 aliphatic heterocycles. The van der Waals surface area contributed by atoms with Crippen molar-refractivity contribution in [3.8, 4) is 0 Å². The van der Waals surface area contributed by atoms with E-state index in [9.17, 15) is 4.79 Å². The Morgan fingerprint density at radius 2 is 2.05 bits per heavy atom. The fourth-order valence-electron chi connectivity index (χ4n) is 1.49. The molecule has 0 bridgehead atoms. The Hall–Kier alpha value is -1.04. The lowest BCUT2D eigenvalue weighted by atomic mass is 10.1. The van der Waals surface area contributed by atoms with Gasteiger partial charge in [0.25, 0.3) is 0 Å². The number of thioether (sulfide) groups is 1. The highest BCUT2D eigenvalue weighted by Crippen LogP contribution is 2.10. The lowest BCUT2D eigenvalue weighted by Gasteiger charge is -2.06. The summed E-state index contributed by atoms with van der Waals surface area (Å²) in [4.78, 5) is 11.7. The fraction of sp³-hybridized carbons (Fsp3) is 0.500. The van der Waals surface area contributed by atoms with Crippen molar-refractivity contribution in [2.75, 3.05) is 36.6 Å². The zero-order valence-electron chi connectivity index (χ0n) is 11.4. The van der Waals surface area contributed by atoms with Gasteiger partial charge in [-0.3, -0.25) is 4.79 Å². The first-order valence-electron chi connectivity index (χ1n) is 6.50. The Balaban J connectivity index is 2.16. The predicted octanol–water partition coefficient (Wildman–Crippen LogP) is 1.90. The molecule has 5 heteroatoms. The first-order chi connectivity index (χ1) is 9.26. The number of carbonyl (C=O) groups excluding carboxylic acids is 1. The van der Waals surface area contributed by atoms with Gasteiger partial charge in [-0.15, -0.1) is 11.8 Å². The highest BCUT2D eigenvalue weighted by atomic mass is 32.2. The van der Waals surface area contributed by atoms with Crippen LogP contribution >= 0.6 is 11.8 Å². The van der Waals surface area contributed by atoms with Crippen molar-refractivity contribution in [2.24, 2.45) is 5.73 Å². The van der Waals surface area contributed by atoms with Crippen molar-refractivity contribution in [1.82, 2.24) is 0 Å². The number of hydrogen-bond acceptors (Lipinski definition) is 4. The van der Waals surface area contributed by atoms with Crippen LogP contribution in [0.1, 0.15) is 12.5 Å². The highest BCUT2D eigenvalue weighted by molar-refractivity contribution is 7.99. The van der Waals surface area contributed by atoms with Crippen LogP contribution in [0.3, 0.4) is 0 Å². The summed E-state index contributed by atoms with van der Waals surface area (Å²) >= 11 is 1.56. The van der Waals surface area contributed by atoms with E-state index in [0.29, 0.717) is 25.5 Å². The van der Waals surface area contributed by atoms with Crippen LogP contribution in [0.25, 0.3) is 0 Å². The minimum atomic E-state index is 0.0214. The SMILES string of the molecule is CCc1ccc(NC(=O)CSCCOCCN)cc1. The van der Waals surface area contributed by atoms with Gasteiger partial charge in [0.05, 0.1) is 19.0 Å². The average Bonchev–Trinajstić information content (AvgIpc) is 2.43. The van der Waals surface area contributed by atoms with Gasteiger partial charge >= 0.3 is 0 Å². The summed E-state index contributed by atoms with van der Waals surface area (Å²) in [6.45, 7) is 3.87. The van der Waals surface area contributed by atoms with Crippen LogP contribution in [0.2, 0.25) is 0 Å². The number of rotatable bonds is 9. The maximum atomic E-state index is 11.7. The molecule has 0 fully saturated rings. The molecule has 0 unspecified atom stereocenters. The van der Waals surface area contributed by atoms with E-state index in [1.807, 2.05) is 24.3 Å². The van der Waals surface area contributed by atoms with Gasteiger partial charge in [0.2, 0.25) is 5.91 Å².